The number of rotatable bonds is 4. The van der Waals surface area contributed by atoms with Crippen LogP contribution in [0.2, 0.25) is 5.02 Å². The third-order valence-electron chi connectivity index (χ3n) is 4.05. The summed E-state index contributed by atoms with van der Waals surface area (Å²) in [6, 6.07) is 5.59. The summed E-state index contributed by atoms with van der Waals surface area (Å²) >= 11 is 5.72. The third kappa shape index (κ3) is 4.03. The summed E-state index contributed by atoms with van der Waals surface area (Å²) < 4.78 is 24.6. The van der Waals surface area contributed by atoms with Crippen molar-refractivity contribution in [1.82, 2.24) is 4.90 Å². The number of sulfone groups is 1. The van der Waals surface area contributed by atoms with E-state index in [4.69, 9.17) is 11.6 Å². The Bertz CT molecular complexity index is 716. The lowest BCUT2D eigenvalue weighted by molar-refractivity contribution is -0.153. The smallest absolute Gasteiger partial charge is 0.311 e. The summed E-state index contributed by atoms with van der Waals surface area (Å²) in [5.41, 5.74) is -1.03. The summed E-state index contributed by atoms with van der Waals surface area (Å²) in [5, 5.41) is 9.67. The molecule has 1 aromatic rings. The van der Waals surface area contributed by atoms with E-state index < -0.39 is 32.9 Å². The van der Waals surface area contributed by atoms with Gasteiger partial charge in [-0.25, -0.2) is 8.42 Å². The molecule has 1 aliphatic rings. The minimum absolute atomic E-state index is 0.0215. The van der Waals surface area contributed by atoms with Crippen LogP contribution in [-0.4, -0.2) is 49.1 Å². The van der Waals surface area contributed by atoms with Crippen LogP contribution >= 0.6 is 11.6 Å². The Morgan fingerprint density at radius 1 is 1.30 bits per heavy atom. The van der Waals surface area contributed by atoms with Gasteiger partial charge in [-0.15, -0.1) is 0 Å². The molecule has 0 spiro atoms. The van der Waals surface area contributed by atoms with E-state index in [1.54, 1.807) is 6.92 Å². The van der Waals surface area contributed by atoms with Crippen molar-refractivity contribution in [2.24, 2.45) is 5.41 Å². The summed E-state index contributed by atoms with van der Waals surface area (Å²) in [5.74, 6) is -2.23. The lowest BCUT2D eigenvalue weighted by atomic mass is 9.82. The first-order chi connectivity index (χ1) is 10.6. The molecule has 1 saturated heterocycles. The van der Waals surface area contributed by atoms with E-state index in [0.717, 1.165) is 0 Å². The second-order valence-electron chi connectivity index (χ2n) is 6.00. The molecule has 2 rings (SSSR count). The molecule has 1 aliphatic heterocycles. The number of aliphatic carboxylic acids is 1. The highest BCUT2D eigenvalue weighted by atomic mass is 35.5. The summed E-state index contributed by atoms with van der Waals surface area (Å²) in [6.45, 7) is 1.97. The molecule has 0 saturated carbocycles. The number of carboxylic acids is 1. The van der Waals surface area contributed by atoms with Gasteiger partial charge in [0.05, 0.1) is 10.3 Å². The molecule has 126 valence electrons. The van der Waals surface area contributed by atoms with E-state index >= 15 is 0 Å². The van der Waals surface area contributed by atoms with E-state index in [0.29, 0.717) is 24.4 Å². The first kappa shape index (κ1) is 17.7. The number of nitrogens with zero attached hydrogens (tertiary/aromatic N) is 1. The summed E-state index contributed by atoms with van der Waals surface area (Å²) in [4.78, 5) is 25.0. The van der Waals surface area contributed by atoms with Crippen molar-refractivity contribution in [3.8, 4) is 0 Å². The number of carbonyl (C=O) groups excluding carboxylic acids is 1. The van der Waals surface area contributed by atoms with Crippen LogP contribution in [0.3, 0.4) is 0 Å². The molecule has 1 amide bonds. The third-order valence-corrected chi connectivity index (χ3v) is 5.92. The normalized spacial score (nSPS) is 21.9. The molecule has 1 fully saturated rings. The minimum Gasteiger partial charge on any atom is -0.481 e. The van der Waals surface area contributed by atoms with Crippen molar-refractivity contribution in [3.63, 3.8) is 0 Å². The number of halogens is 1. The molecule has 6 nitrogen and oxygen atoms in total. The molecular formula is C15H18ClNO5S. The van der Waals surface area contributed by atoms with E-state index in [-0.39, 0.29) is 11.4 Å². The van der Waals surface area contributed by atoms with Gasteiger partial charge in [0.25, 0.3) is 0 Å². The molecule has 1 heterocycles. The highest BCUT2D eigenvalue weighted by Crippen LogP contribution is 2.30. The van der Waals surface area contributed by atoms with Gasteiger partial charge in [-0.3, -0.25) is 9.59 Å². The number of benzene rings is 1. The molecule has 1 atom stereocenters. The van der Waals surface area contributed by atoms with Gasteiger partial charge in [0.1, 0.15) is 5.75 Å². The van der Waals surface area contributed by atoms with Crippen molar-refractivity contribution in [2.45, 2.75) is 24.7 Å². The Morgan fingerprint density at radius 2 is 1.91 bits per heavy atom. The molecule has 23 heavy (non-hydrogen) atoms. The number of hydrogen-bond acceptors (Lipinski definition) is 4. The van der Waals surface area contributed by atoms with Gasteiger partial charge < -0.3 is 10.0 Å². The van der Waals surface area contributed by atoms with Crippen molar-refractivity contribution >= 4 is 33.3 Å². The van der Waals surface area contributed by atoms with Crippen LogP contribution in [0.15, 0.2) is 29.2 Å². The van der Waals surface area contributed by atoms with E-state index in [1.165, 1.54) is 29.2 Å². The van der Waals surface area contributed by atoms with E-state index in [2.05, 4.69) is 0 Å². The fourth-order valence-corrected chi connectivity index (χ4v) is 3.96. The molecule has 0 radical (unpaired) electrons. The van der Waals surface area contributed by atoms with Crippen molar-refractivity contribution < 1.29 is 23.1 Å². The van der Waals surface area contributed by atoms with Crippen molar-refractivity contribution in [2.75, 3.05) is 18.8 Å². The van der Waals surface area contributed by atoms with E-state index in [1.807, 2.05) is 0 Å². The maximum absolute atomic E-state index is 12.3. The number of carbonyl (C=O) groups is 2. The molecule has 1 N–H and O–H groups in total. The van der Waals surface area contributed by atoms with Gasteiger partial charge >= 0.3 is 5.97 Å². The molecule has 0 aliphatic carbocycles. The monoisotopic (exact) mass is 359 g/mol. The lowest BCUT2D eigenvalue weighted by Gasteiger charge is -2.37. The lowest BCUT2D eigenvalue weighted by Crippen LogP contribution is -2.49. The topological polar surface area (TPSA) is 91.8 Å². The fourth-order valence-electron chi connectivity index (χ4n) is 2.61. The predicted octanol–water partition coefficient (Wildman–Crippen LogP) is 1.83. The molecular weight excluding hydrogens is 342 g/mol. The van der Waals surface area contributed by atoms with Crippen LogP contribution in [0.1, 0.15) is 19.8 Å². The molecule has 8 heteroatoms. The first-order valence-corrected chi connectivity index (χ1v) is 9.17. The van der Waals surface area contributed by atoms with Crippen LogP contribution in [0.4, 0.5) is 0 Å². The average molecular weight is 360 g/mol. The zero-order valence-electron chi connectivity index (χ0n) is 12.7. The van der Waals surface area contributed by atoms with Gasteiger partial charge in [0, 0.05) is 18.1 Å². The molecule has 0 bridgehead atoms. The largest absolute Gasteiger partial charge is 0.481 e. The maximum Gasteiger partial charge on any atom is 0.311 e. The fraction of sp³-hybridized carbons (Fsp3) is 0.467. The maximum atomic E-state index is 12.3. The molecule has 1 aromatic carbocycles. The van der Waals surface area contributed by atoms with Crippen LogP contribution in [0, 0.1) is 5.41 Å². The highest BCUT2D eigenvalue weighted by molar-refractivity contribution is 7.92. The molecule has 1 unspecified atom stereocenters. The quantitative estimate of drug-likeness (QED) is 0.885. The van der Waals surface area contributed by atoms with Gasteiger partial charge in [-0.2, -0.15) is 0 Å². The standard InChI is InChI=1S/C15H18ClNO5S/c1-15(14(19)20)7-2-8-17(10-15)13(18)9-23(21,22)12-5-3-11(16)4-6-12/h3-6H,2,7-10H2,1H3,(H,19,20). The van der Waals surface area contributed by atoms with Crippen molar-refractivity contribution in [1.29, 1.82) is 0 Å². The Labute approximate surface area is 140 Å². The van der Waals surface area contributed by atoms with Gasteiger partial charge in [-0.05, 0) is 44.0 Å². The minimum atomic E-state index is -3.78. The van der Waals surface area contributed by atoms with Crippen LogP contribution < -0.4 is 0 Å². The zero-order chi connectivity index (χ0) is 17.3. The first-order valence-electron chi connectivity index (χ1n) is 7.14. The Hall–Kier alpha value is -1.60. The van der Waals surface area contributed by atoms with Gasteiger partial charge in [0.2, 0.25) is 5.91 Å². The predicted molar refractivity (Wildman–Crippen MR) is 85.1 cm³/mol. The Kier molecular flexibility index (Phi) is 5.01. The van der Waals surface area contributed by atoms with Crippen molar-refractivity contribution in [3.05, 3.63) is 29.3 Å². The van der Waals surface area contributed by atoms with Gasteiger partial charge in [0.15, 0.2) is 9.84 Å². The number of carboxylic acid groups (broad SMARTS) is 1. The second-order valence-corrected chi connectivity index (χ2v) is 8.42. The number of piperidine rings is 1. The average Bonchev–Trinajstić information content (AvgIpc) is 2.47. The molecule has 0 aromatic heterocycles. The highest BCUT2D eigenvalue weighted by Gasteiger charge is 2.40. The van der Waals surface area contributed by atoms with Crippen LogP contribution in [0.5, 0.6) is 0 Å². The SMILES string of the molecule is CC1(C(=O)O)CCCN(C(=O)CS(=O)(=O)c2ccc(Cl)cc2)C1. The number of hydrogen-bond donors (Lipinski definition) is 1. The van der Waals surface area contributed by atoms with E-state index in [9.17, 15) is 23.1 Å². The number of amides is 1. The zero-order valence-corrected chi connectivity index (χ0v) is 14.2. The Morgan fingerprint density at radius 3 is 2.48 bits per heavy atom. The van der Waals surface area contributed by atoms with Gasteiger partial charge in [-0.1, -0.05) is 11.6 Å². The number of likely N-dealkylation sites (tertiary alicyclic amines) is 1. The summed E-state index contributed by atoms with van der Waals surface area (Å²) in [7, 11) is -3.78. The van der Waals surface area contributed by atoms with Crippen LogP contribution in [-0.2, 0) is 19.4 Å². The second kappa shape index (κ2) is 6.49. The Balaban J connectivity index is 2.12. The summed E-state index contributed by atoms with van der Waals surface area (Å²) in [6.07, 6.45) is 1.01. The van der Waals surface area contributed by atoms with Crippen LogP contribution in [0.25, 0.3) is 0 Å².